The highest BCUT2D eigenvalue weighted by Gasteiger charge is 2.26. The Bertz CT molecular complexity index is 543. The van der Waals surface area contributed by atoms with Gasteiger partial charge in [0.2, 0.25) is 0 Å². The van der Waals surface area contributed by atoms with Gasteiger partial charge in [0.15, 0.2) is 5.82 Å². The van der Waals surface area contributed by atoms with Crippen LogP contribution >= 0.6 is 0 Å². The highest BCUT2D eigenvalue weighted by molar-refractivity contribution is 5.59. The summed E-state index contributed by atoms with van der Waals surface area (Å²) in [6.45, 7) is 2.04. The van der Waals surface area contributed by atoms with E-state index in [-0.39, 0.29) is 0 Å². The summed E-state index contributed by atoms with van der Waals surface area (Å²) in [5, 5.41) is 8.22. The third-order valence-electron chi connectivity index (χ3n) is 3.18. The van der Waals surface area contributed by atoms with E-state index in [2.05, 4.69) is 26.9 Å². The number of aryl methyl sites for hydroxylation is 1. The number of aromatic nitrogens is 3. The highest BCUT2D eigenvalue weighted by atomic mass is 16.5. The van der Waals surface area contributed by atoms with E-state index in [4.69, 9.17) is 4.74 Å². The summed E-state index contributed by atoms with van der Waals surface area (Å²) in [4.78, 5) is 0. The van der Waals surface area contributed by atoms with Gasteiger partial charge in [-0.05, 0) is 31.4 Å². The van der Waals surface area contributed by atoms with Crippen LogP contribution in [0.4, 0.5) is 0 Å². The van der Waals surface area contributed by atoms with Crippen LogP contribution in [0.1, 0.15) is 24.4 Å². The molecule has 2 aromatic rings. The minimum atomic E-state index is 0.590. The summed E-state index contributed by atoms with van der Waals surface area (Å²) in [6, 6.07) is 6.74. The van der Waals surface area contributed by atoms with Crippen LogP contribution in [0.25, 0.3) is 11.4 Å². The highest BCUT2D eigenvalue weighted by Crippen LogP contribution is 2.38. The number of nitrogens with zero attached hydrogens (tertiary/aromatic N) is 3. The van der Waals surface area contributed by atoms with Gasteiger partial charge in [0.1, 0.15) is 12.1 Å². The molecule has 0 aliphatic heterocycles. The van der Waals surface area contributed by atoms with Crippen molar-refractivity contribution in [1.82, 2.24) is 14.8 Å². The van der Waals surface area contributed by atoms with E-state index < -0.39 is 0 Å². The van der Waals surface area contributed by atoms with Gasteiger partial charge in [-0.1, -0.05) is 12.1 Å². The minimum absolute atomic E-state index is 0.590. The third-order valence-corrected chi connectivity index (χ3v) is 3.18. The maximum Gasteiger partial charge on any atom is 0.164 e. The standard InChI is InChI=1S/C13H15N3O/c1-9-3-4-10(7-12(9)17-2)13-15-14-8-16(13)11-5-6-11/h3-4,7-8,11H,5-6H2,1-2H3. The van der Waals surface area contributed by atoms with Crippen LogP contribution in [-0.4, -0.2) is 21.9 Å². The van der Waals surface area contributed by atoms with Gasteiger partial charge < -0.3 is 9.30 Å². The molecule has 17 heavy (non-hydrogen) atoms. The smallest absolute Gasteiger partial charge is 0.164 e. The lowest BCUT2D eigenvalue weighted by Crippen LogP contribution is -1.96. The van der Waals surface area contributed by atoms with Gasteiger partial charge in [0, 0.05) is 11.6 Å². The van der Waals surface area contributed by atoms with Crippen LogP contribution in [0.2, 0.25) is 0 Å². The van der Waals surface area contributed by atoms with Crippen LogP contribution in [0, 0.1) is 6.92 Å². The molecule has 0 unspecified atom stereocenters. The summed E-state index contributed by atoms with van der Waals surface area (Å²) < 4.78 is 7.50. The predicted octanol–water partition coefficient (Wildman–Crippen LogP) is 2.60. The number of rotatable bonds is 3. The summed E-state index contributed by atoms with van der Waals surface area (Å²) in [7, 11) is 1.69. The lowest BCUT2D eigenvalue weighted by atomic mass is 10.1. The molecule has 1 fully saturated rings. The summed E-state index contributed by atoms with van der Waals surface area (Å²) in [5.74, 6) is 1.83. The molecule has 1 aromatic carbocycles. The minimum Gasteiger partial charge on any atom is -0.496 e. The molecule has 4 heteroatoms. The van der Waals surface area contributed by atoms with Crippen molar-refractivity contribution in [1.29, 1.82) is 0 Å². The molecule has 3 rings (SSSR count). The molecule has 0 saturated heterocycles. The number of hydrogen-bond donors (Lipinski definition) is 0. The van der Waals surface area contributed by atoms with E-state index >= 15 is 0 Å². The van der Waals surface area contributed by atoms with Gasteiger partial charge in [0.05, 0.1) is 7.11 Å². The Morgan fingerprint density at radius 2 is 2.18 bits per heavy atom. The first-order valence-electron chi connectivity index (χ1n) is 5.84. The molecule has 1 heterocycles. The van der Waals surface area contributed by atoms with Gasteiger partial charge >= 0.3 is 0 Å². The normalized spacial score (nSPS) is 14.9. The Hall–Kier alpha value is -1.84. The predicted molar refractivity (Wildman–Crippen MR) is 65.0 cm³/mol. The second-order valence-corrected chi connectivity index (χ2v) is 4.48. The zero-order chi connectivity index (χ0) is 11.8. The summed E-state index contributed by atoms with van der Waals surface area (Å²) in [5.41, 5.74) is 2.20. The van der Waals surface area contributed by atoms with E-state index in [0.29, 0.717) is 6.04 Å². The van der Waals surface area contributed by atoms with Gasteiger partial charge in [-0.2, -0.15) is 0 Å². The van der Waals surface area contributed by atoms with Gasteiger partial charge in [0.25, 0.3) is 0 Å². The lowest BCUT2D eigenvalue weighted by molar-refractivity contribution is 0.412. The second-order valence-electron chi connectivity index (χ2n) is 4.48. The second kappa shape index (κ2) is 3.87. The molecule has 1 aliphatic carbocycles. The number of hydrogen-bond acceptors (Lipinski definition) is 3. The van der Waals surface area contributed by atoms with E-state index in [9.17, 15) is 0 Å². The first-order chi connectivity index (χ1) is 8.29. The Balaban J connectivity index is 2.05. The van der Waals surface area contributed by atoms with Crippen LogP contribution < -0.4 is 4.74 Å². The molecule has 0 spiro atoms. The average Bonchev–Trinajstić information content (AvgIpc) is 3.08. The molecule has 0 N–H and O–H groups in total. The first kappa shape index (κ1) is 10.3. The van der Waals surface area contributed by atoms with E-state index in [1.807, 2.05) is 19.3 Å². The van der Waals surface area contributed by atoms with Gasteiger partial charge in [-0.25, -0.2) is 0 Å². The van der Waals surface area contributed by atoms with Crippen LogP contribution in [0.5, 0.6) is 5.75 Å². The van der Waals surface area contributed by atoms with E-state index in [1.165, 1.54) is 12.8 Å². The molecule has 0 bridgehead atoms. The molecule has 1 aliphatic rings. The SMILES string of the molecule is COc1cc(-c2nncn2C2CC2)ccc1C. The monoisotopic (exact) mass is 229 g/mol. The first-order valence-corrected chi connectivity index (χ1v) is 5.84. The van der Waals surface area contributed by atoms with Crippen molar-refractivity contribution in [2.45, 2.75) is 25.8 Å². The van der Waals surface area contributed by atoms with E-state index in [0.717, 1.165) is 22.7 Å². The zero-order valence-electron chi connectivity index (χ0n) is 10.1. The van der Waals surface area contributed by atoms with Crippen LogP contribution in [-0.2, 0) is 0 Å². The Kier molecular flexibility index (Phi) is 2.35. The average molecular weight is 229 g/mol. The largest absolute Gasteiger partial charge is 0.496 e. The molecule has 0 amide bonds. The maximum atomic E-state index is 5.34. The number of methoxy groups -OCH3 is 1. The molecule has 4 nitrogen and oxygen atoms in total. The lowest BCUT2D eigenvalue weighted by Gasteiger charge is -2.08. The molecular weight excluding hydrogens is 214 g/mol. The van der Waals surface area contributed by atoms with Crippen molar-refractivity contribution in [2.75, 3.05) is 7.11 Å². The fraction of sp³-hybridized carbons (Fsp3) is 0.385. The van der Waals surface area contributed by atoms with Crippen molar-refractivity contribution in [3.05, 3.63) is 30.1 Å². The van der Waals surface area contributed by atoms with Crippen molar-refractivity contribution < 1.29 is 4.74 Å². The molecule has 1 saturated carbocycles. The zero-order valence-corrected chi connectivity index (χ0v) is 10.1. The Labute approximate surface area is 100 Å². The van der Waals surface area contributed by atoms with Crippen molar-refractivity contribution >= 4 is 0 Å². The quantitative estimate of drug-likeness (QED) is 0.812. The third kappa shape index (κ3) is 1.79. The molecule has 0 atom stereocenters. The van der Waals surface area contributed by atoms with Gasteiger partial charge in [-0.15, -0.1) is 10.2 Å². The van der Waals surface area contributed by atoms with Gasteiger partial charge in [-0.3, -0.25) is 0 Å². The molecule has 88 valence electrons. The Morgan fingerprint density at radius 1 is 1.35 bits per heavy atom. The topological polar surface area (TPSA) is 39.9 Å². The molecular formula is C13H15N3O. The fourth-order valence-electron chi connectivity index (χ4n) is 2.03. The summed E-state index contributed by atoms with van der Waals surface area (Å²) in [6.07, 6.45) is 4.28. The van der Waals surface area contributed by atoms with Crippen LogP contribution in [0.3, 0.4) is 0 Å². The Morgan fingerprint density at radius 3 is 2.88 bits per heavy atom. The molecule has 0 radical (unpaired) electrons. The van der Waals surface area contributed by atoms with Crippen LogP contribution in [0.15, 0.2) is 24.5 Å². The van der Waals surface area contributed by atoms with Crippen molar-refractivity contribution in [3.63, 3.8) is 0 Å². The summed E-state index contributed by atoms with van der Waals surface area (Å²) >= 11 is 0. The number of benzene rings is 1. The maximum absolute atomic E-state index is 5.34. The van der Waals surface area contributed by atoms with E-state index in [1.54, 1.807) is 7.11 Å². The van der Waals surface area contributed by atoms with Crippen molar-refractivity contribution in [2.24, 2.45) is 0 Å². The van der Waals surface area contributed by atoms with Crippen molar-refractivity contribution in [3.8, 4) is 17.1 Å². The molecule has 1 aromatic heterocycles. The number of ether oxygens (including phenoxy) is 1. The fourth-order valence-corrected chi connectivity index (χ4v) is 2.03.